The van der Waals surface area contributed by atoms with Crippen molar-refractivity contribution in [3.8, 4) is 0 Å². The lowest BCUT2D eigenvalue weighted by Crippen LogP contribution is -2.26. The predicted octanol–water partition coefficient (Wildman–Crippen LogP) is 4.59. The maximum Gasteiger partial charge on any atom is 0.338 e. The monoisotopic (exact) mass is 268 g/mol. The summed E-state index contributed by atoms with van der Waals surface area (Å²) in [6.45, 7) is 11.7. The van der Waals surface area contributed by atoms with E-state index in [9.17, 15) is 4.79 Å². The molecule has 1 aromatic rings. The number of ether oxygens (including phenoxy) is 1. The van der Waals surface area contributed by atoms with E-state index < -0.39 is 5.60 Å². The molecule has 0 N–H and O–H groups in total. The van der Waals surface area contributed by atoms with Crippen LogP contribution in [0.4, 0.5) is 0 Å². The van der Waals surface area contributed by atoms with Crippen molar-refractivity contribution in [3.63, 3.8) is 0 Å². The Balaban J connectivity index is 3.21. The Morgan fingerprint density at radius 2 is 1.67 bits per heavy atom. The molecule has 2 nitrogen and oxygen atoms in total. The summed E-state index contributed by atoms with van der Waals surface area (Å²) in [7, 11) is 0. The second kappa shape index (κ2) is 4.93. The fourth-order valence-electron chi connectivity index (χ4n) is 1.65. The van der Waals surface area contributed by atoms with Crippen LogP contribution in [0.15, 0.2) is 18.2 Å². The van der Waals surface area contributed by atoms with Gasteiger partial charge in [-0.2, -0.15) is 0 Å². The summed E-state index contributed by atoms with van der Waals surface area (Å²) in [5, 5.41) is 0.632. The second-order valence-electron chi connectivity index (χ2n) is 6.44. The number of carbonyl (C=O) groups is 1. The Morgan fingerprint density at radius 1 is 1.11 bits per heavy atom. The first-order valence-corrected chi connectivity index (χ1v) is 6.42. The molecular formula is C15H21ClO2. The largest absolute Gasteiger partial charge is 0.456 e. The Labute approximate surface area is 114 Å². The van der Waals surface area contributed by atoms with Gasteiger partial charge in [0.15, 0.2) is 0 Å². The molecule has 0 aliphatic heterocycles. The normalized spacial score (nSPS) is 12.4. The van der Waals surface area contributed by atoms with Crippen molar-refractivity contribution >= 4 is 17.6 Å². The minimum absolute atomic E-state index is 0.156. The summed E-state index contributed by atoms with van der Waals surface area (Å²) < 4.78 is 5.42. The number of hydrogen-bond acceptors (Lipinski definition) is 2. The number of rotatable bonds is 1. The lowest BCUT2D eigenvalue weighted by atomic mass is 9.84. The van der Waals surface area contributed by atoms with Crippen LogP contribution in [-0.2, 0) is 10.2 Å². The molecule has 0 spiro atoms. The summed E-state index contributed by atoms with van der Waals surface area (Å²) in [6, 6.07) is 5.29. The van der Waals surface area contributed by atoms with Gasteiger partial charge in [0, 0.05) is 5.02 Å². The first-order valence-electron chi connectivity index (χ1n) is 6.04. The molecule has 0 amide bonds. The number of carbonyl (C=O) groups excluding carboxylic acids is 1. The summed E-state index contributed by atoms with van der Waals surface area (Å²) in [6.07, 6.45) is 0. The lowest BCUT2D eigenvalue weighted by Gasteiger charge is -2.25. The first-order chi connectivity index (χ1) is 8.00. The van der Waals surface area contributed by atoms with Gasteiger partial charge in [0.1, 0.15) is 5.60 Å². The molecule has 0 saturated carbocycles. The molecular weight excluding hydrogens is 248 g/mol. The van der Waals surface area contributed by atoms with Crippen molar-refractivity contribution in [2.24, 2.45) is 0 Å². The molecule has 0 bridgehead atoms. The van der Waals surface area contributed by atoms with Gasteiger partial charge in [-0.25, -0.2) is 4.79 Å². The van der Waals surface area contributed by atoms with Crippen LogP contribution in [-0.4, -0.2) is 11.6 Å². The quantitative estimate of drug-likeness (QED) is 0.696. The minimum Gasteiger partial charge on any atom is -0.456 e. The Kier molecular flexibility index (Phi) is 4.12. The van der Waals surface area contributed by atoms with Gasteiger partial charge < -0.3 is 4.74 Å². The molecule has 3 heteroatoms. The molecule has 1 rings (SSSR count). The van der Waals surface area contributed by atoms with Crippen LogP contribution in [0.25, 0.3) is 0 Å². The van der Waals surface area contributed by atoms with E-state index in [1.165, 1.54) is 0 Å². The zero-order valence-electron chi connectivity index (χ0n) is 11.9. The first kappa shape index (κ1) is 15.0. The Morgan fingerprint density at radius 3 is 2.11 bits per heavy atom. The summed E-state index contributed by atoms with van der Waals surface area (Å²) in [5.74, 6) is -0.302. The molecule has 0 aromatic heterocycles. The van der Waals surface area contributed by atoms with E-state index in [0.29, 0.717) is 10.6 Å². The van der Waals surface area contributed by atoms with E-state index in [2.05, 4.69) is 0 Å². The van der Waals surface area contributed by atoms with Crippen molar-refractivity contribution in [1.29, 1.82) is 0 Å². The third kappa shape index (κ3) is 4.02. The van der Waals surface area contributed by atoms with E-state index in [1.807, 2.05) is 47.6 Å². The highest BCUT2D eigenvalue weighted by Gasteiger charge is 2.25. The summed E-state index contributed by atoms with van der Waals surface area (Å²) in [4.78, 5) is 12.2. The van der Waals surface area contributed by atoms with Gasteiger partial charge >= 0.3 is 5.97 Å². The standard InChI is InChI=1S/C15H21ClO2/c1-14(2,3)12-9-10(16)7-8-11(12)13(17)18-15(4,5)6/h7-9H,1-6H3. The van der Waals surface area contributed by atoms with Crippen LogP contribution in [0, 0.1) is 0 Å². The average Bonchev–Trinajstić information content (AvgIpc) is 2.13. The van der Waals surface area contributed by atoms with Crippen LogP contribution < -0.4 is 0 Å². The molecule has 0 aliphatic rings. The SMILES string of the molecule is CC(C)(C)OC(=O)c1ccc(Cl)cc1C(C)(C)C. The highest BCUT2D eigenvalue weighted by molar-refractivity contribution is 6.30. The van der Waals surface area contributed by atoms with E-state index in [-0.39, 0.29) is 11.4 Å². The Bertz CT molecular complexity index is 451. The highest BCUT2D eigenvalue weighted by Crippen LogP contribution is 2.29. The fraction of sp³-hybridized carbons (Fsp3) is 0.533. The third-order valence-electron chi connectivity index (χ3n) is 2.41. The molecule has 100 valence electrons. The molecule has 0 saturated heterocycles. The molecule has 18 heavy (non-hydrogen) atoms. The lowest BCUT2D eigenvalue weighted by molar-refractivity contribution is 0.00670. The fourth-order valence-corrected chi connectivity index (χ4v) is 1.82. The summed E-state index contributed by atoms with van der Waals surface area (Å²) in [5.41, 5.74) is 0.842. The topological polar surface area (TPSA) is 26.3 Å². The number of halogens is 1. The predicted molar refractivity (Wildman–Crippen MR) is 75.3 cm³/mol. The number of hydrogen-bond donors (Lipinski definition) is 0. The zero-order chi connectivity index (χ0) is 14.1. The Hall–Kier alpha value is -1.02. The highest BCUT2D eigenvalue weighted by atomic mass is 35.5. The van der Waals surface area contributed by atoms with Crippen molar-refractivity contribution in [2.45, 2.75) is 52.6 Å². The van der Waals surface area contributed by atoms with Gasteiger partial charge in [0.25, 0.3) is 0 Å². The van der Waals surface area contributed by atoms with E-state index >= 15 is 0 Å². The van der Waals surface area contributed by atoms with Gasteiger partial charge in [-0.3, -0.25) is 0 Å². The molecule has 0 atom stereocenters. The second-order valence-corrected chi connectivity index (χ2v) is 6.88. The van der Waals surface area contributed by atoms with Crippen LogP contribution >= 0.6 is 11.6 Å². The van der Waals surface area contributed by atoms with Crippen LogP contribution in [0.5, 0.6) is 0 Å². The molecule has 0 radical (unpaired) electrons. The van der Waals surface area contributed by atoms with Gasteiger partial charge in [0.2, 0.25) is 0 Å². The van der Waals surface area contributed by atoms with Crippen molar-refractivity contribution in [3.05, 3.63) is 34.3 Å². The number of benzene rings is 1. The van der Waals surface area contributed by atoms with Gasteiger partial charge in [-0.15, -0.1) is 0 Å². The van der Waals surface area contributed by atoms with Crippen molar-refractivity contribution in [1.82, 2.24) is 0 Å². The van der Waals surface area contributed by atoms with Gasteiger partial charge in [-0.1, -0.05) is 32.4 Å². The van der Waals surface area contributed by atoms with Crippen molar-refractivity contribution in [2.75, 3.05) is 0 Å². The molecule has 0 aliphatic carbocycles. The average molecular weight is 269 g/mol. The maximum absolute atomic E-state index is 12.2. The van der Waals surface area contributed by atoms with Gasteiger partial charge in [-0.05, 0) is 49.9 Å². The minimum atomic E-state index is -0.494. The van der Waals surface area contributed by atoms with Gasteiger partial charge in [0.05, 0.1) is 5.56 Å². The zero-order valence-corrected chi connectivity index (χ0v) is 12.7. The van der Waals surface area contributed by atoms with E-state index in [0.717, 1.165) is 5.56 Å². The molecule has 1 aromatic carbocycles. The smallest absolute Gasteiger partial charge is 0.338 e. The van der Waals surface area contributed by atoms with E-state index in [1.54, 1.807) is 12.1 Å². The molecule has 0 heterocycles. The van der Waals surface area contributed by atoms with Crippen LogP contribution in [0.3, 0.4) is 0 Å². The van der Waals surface area contributed by atoms with E-state index in [4.69, 9.17) is 16.3 Å². The van der Waals surface area contributed by atoms with Crippen LogP contribution in [0.1, 0.15) is 57.5 Å². The molecule has 0 fully saturated rings. The van der Waals surface area contributed by atoms with Crippen LogP contribution in [0.2, 0.25) is 5.02 Å². The number of esters is 1. The maximum atomic E-state index is 12.2. The summed E-state index contributed by atoms with van der Waals surface area (Å²) >= 11 is 6.01. The third-order valence-corrected chi connectivity index (χ3v) is 2.64. The molecule has 0 unspecified atom stereocenters. The van der Waals surface area contributed by atoms with Crippen molar-refractivity contribution < 1.29 is 9.53 Å².